The highest BCUT2D eigenvalue weighted by molar-refractivity contribution is 6.12. The Balaban J connectivity index is 1.79. The molecule has 2 nitrogen and oxygen atoms in total. The molecule has 0 saturated heterocycles. The zero-order valence-corrected chi connectivity index (χ0v) is 13.6. The van der Waals surface area contributed by atoms with Crippen LogP contribution in [0.5, 0.6) is 0 Å². The molecule has 0 radical (unpaired) electrons. The first-order chi connectivity index (χ1) is 11.5. The fourth-order valence-electron chi connectivity index (χ4n) is 4.22. The number of ketones is 2. The second-order valence-electron chi connectivity index (χ2n) is 7.03. The number of Topliss-reactive ketones (excluding diaryl/α,β-unsaturated/α-hetero) is 2. The van der Waals surface area contributed by atoms with Gasteiger partial charge >= 0.3 is 0 Å². The van der Waals surface area contributed by atoms with Crippen molar-refractivity contribution in [2.45, 2.75) is 32.1 Å². The lowest BCUT2D eigenvalue weighted by Gasteiger charge is -2.27. The first-order valence-corrected chi connectivity index (χ1v) is 8.48. The van der Waals surface area contributed by atoms with Crippen molar-refractivity contribution in [1.29, 1.82) is 0 Å². The van der Waals surface area contributed by atoms with Crippen LogP contribution in [-0.2, 0) is 9.59 Å². The molecule has 2 aliphatic rings. The van der Waals surface area contributed by atoms with E-state index in [1.165, 1.54) is 12.1 Å². The molecule has 122 valence electrons. The lowest BCUT2D eigenvalue weighted by Crippen LogP contribution is -2.35. The summed E-state index contributed by atoms with van der Waals surface area (Å²) in [5, 5.41) is 0. The van der Waals surface area contributed by atoms with E-state index in [0.717, 1.165) is 41.5 Å². The fourth-order valence-corrected chi connectivity index (χ4v) is 4.22. The number of hydrogen-bond acceptors (Lipinski definition) is 2. The molecule has 0 N–H and O–H groups in total. The third kappa shape index (κ3) is 2.39. The number of rotatable bonds is 2. The summed E-state index contributed by atoms with van der Waals surface area (Å²) in [6.45, 7) is 1.93. The molecule has 4 rings (SSSR count). The SMILES string of the molecule is Cc1ccc(-c2cccc(F)c2)cc1C1C(=O)[C@@H]2CC[C@@H](C2)C1=O. The maximum absolute atomic E-state index is 13.5. The molecule has 2 saturated carbocycles. The van der Waals surface area contributed by atoms with Crippen molar-refractivity contribution in [2.24, 2.45) is 11.8 Å². The predicted molar refractivity (Wildman–Crippen MR) is 90.2 cm³/mol. The van der Waals surface area contributed by atoms with Gasteiger partial charge < -0.3 is 0 Å². The van der Waals surface area contributed by atoms with E-state index in [9.17, 15) is 14.0 Å². The van der Waals surface area contributed by atoms with E-state index in [-0.39, 0.29) is 29.2 Å². The maximum Gasteiger partial charge on any atom is 0.150 e. The number of fused-ring (bicyclic) bond motifs is 2. The number of hydrogen-bond donors (Lipinski definition) is 0. The highest BCUT2D eigenvalue weighted by Gasteiger charge is 2.47. The first-order valence-electron chi connectivity index (χ1n) is 8.48. The van der Waals surface area contributed by atoms with E-state index < -0.39 is 5.92 Å². The Hall–Kier alpha value is -2.29. The Kier molecular flexibility index (Phi) is 3.60. The monoisotopic (exact) mass is 322 g/mol. The van der Waals surface area contributed by atoms with Gasteiger partial charge in [-0.25, -0.2) is 4.39 Å². The van der Waals surface area contributed by atoms with Gasteiger partial charge in [-0.2, -0.15) is 0 Å². The molecule has 0 heterocycles. The third-order valence-electron chi connectivity index (χ3n) is 5.55. The van der Waals surface area contributed by atoms with E-state index in [2.05, 4.69) is 0 Å². The van der Waals surface area contributed by atoms with Gasteiger partial charge in [0.2, 0.25) is 0 Å². The standard InChI is InChI=1S/C21H19FO2/c1-12-5-6-14(13-3-2-4-17(22)10-13)11-18(12)19-20(23)15-7-8-16(9-15)21(19)24/h2-6,10-11,15-16,19H,7-9H2,1H3/t15-,16+,19?. The molecular formula is C21H19FO2. The fraction of sp³-hybridized carbons (Fsp3) is 0.333. The van der Waals surface area contributed by atoms with Crippen LogP contribution in [0.4, 0.5) is 4.39 Å². The lowest BCUT2D eigenvalue weighted by atomic mass is 9.74. The topological polar surface area (TPSA) is 34.1 Å². The Morgan fingerprint density at radius 2 is 1.58 bits per heavy atom. The summed E-state index contributed by atoms with van der Waals surface area (Å²) in [4.78, 5) is 25.5. The zero-order valence-electron chi connectivity index (χ0n) is 13.6. The summed E-state index contributed by atoms with van der Waals surface area (Å²) in [5.74, 6) is -0.700. The maximum atomic E-state index is 13.5. The van der Waals surface area contributed by atoms with Gasteiger partial charge in [-0.05, 0) is 66.6 Å². The second-order valence-corrected chi connectivity index (χ2v) is 7.03. The molecule has 3 atom stereocenters. The van der Waals surface area contributed by atoms with Crippen LogP contribution in [0.25, 0.3) is 11.1 Å². The van der Waals surface area contributed by atoms with Gasteiger partial charge in [0.05, 0.1) is 0 Å². The average molecular weight is 322 g/mol. The van der Waals surface area contributed by atoms with Gasteiger partial charge in [-0.3, -0.25) is 9.59 Å². The number of benzene rings is 2. The van der Waals surface area contributed by atoms with Crippen molar-refractivity contribution in [1.82, 2.24) is 0 Å². The van der Waals surface area contributed by atoms with Crippen LogP contribution >= 0.6 is 0 Å². The average Bonchev–Trinajstić information content (AvgIpc) is 3.02. The minimum absolute atomic E-state index is 0.0370. The molecule has 0 aromatic heterocycles. The summed E-state index contributed by atoms with van der Waals surface area (Å²) in [6, 6.07) is 12.1. The molecule has 0 amide bonds. The van der Waals surface area contributed by atoms with E-state index in [4.69, 9.17) is 0 Å². The van der Waals surface area contributed by atoms with Gasteiger partial charge in [0.25, 0.3) is 0 Å². The molecule has 2 aliphatic carbocycles. The zero-order chi connectivity index (χ0) is 16.8. The number of carbonyl (C=O) groups is 2. The van der Waals surface area contributed by atoms with Crippen molar-refractivity contribution in [3.8, 4) is 11.1 Å². The molecule has 0 spiro atoms. The van der Waals surface area contributed by atoms with Gasteiger partial charge in [-0.15, -0.1) is 0 Å². The van der Waals surface area contributed by atoms with Crippen LogP contribution in [0, 0.1) is 24.6 Å². The number of halogens is 1. The van der Waals surface area contributed by atoms with Crippen molar-refractivity contribution in [3.05, 3.63) is 59.4 Å². The van der Waals surface area contributed by atoms with E-state index >= 15 is 0 Å². The summed E-state index contributed by atoms with van der Waals surface area (Å²) >= 11 is 0. The van der Waals surface area contributed by atoms with Crippen LogP contribution in [0.2, 0.25) is 0 Å². The minimum Gasteiger partial charge on any atom is -0.298 e. The Labute approximate surface area is 140 Å². The molecule has 2 aromatic rings. The molecule has 2 fully saturated rings. The van der Waals surface area contributed by atoms with E-state index in [1.807, 2.05) is 31.2 Å². The van der Waals surface area contributed by atoms with Crippen molar-refractivity contribution >= 4 is 11.6 Å². The summed E-state index contributed by atoms with van der Waals surface area (Å²) in [5.41, 5.74) is 3.34. The highest BCUT2D eigenvalue weighted by Crippen LogP contribution is 2.44. The summed E-state index contributed by atoms with van der Waals surface area (Å²) < 4.78 is 13.5. The number of aryl methyl sites for hydroxylation is 1. The molecule has 3 heteroatoms. The van der Waals surface area contributed by atoms with Gasteiger partial charge in [0, 0.05) is 11.8 Å². The normalized spacial score (nSPS) is 26.0. The molecule has 0 aliphatic heterocycles. The largest absolute Gasteiger partial charge is 0.298 e. The summed E-state index contributed by atoms with van der Waals surface area (Å²) in [6.07, 6.45) is 2.42. The first kappa shape index (κ1) is 15.3. The quantitative estimate of drug-likeness (QED) is 0.765. The van der Waals surface area contributed by atoms with Crippen molar-refractivity contribution < 1.29 is 14.0 Å². The van der Waals surface area contributed by atoms with Crippen LogP contribution in [0.3, 0.4) is 0 Å². The second kappa shape index (κ2) is 5.66. The van der Waals surface area contributed by atoms with Gasteiger partial charge in [0.1, 0.15) is 11.7 Å². The molecule has 1 unspecified atom stereocenters. The van der Waals surface area contributed by atoms with Crippen LogP contribution in [0.15, 0.2) is 42.5 Å². The third-order valence-corrected chi connectivity index (χ3v) is 5.55. The predicted octanol–water partition coefficient (Wildman–Crippen LogP) is 4.45. The van der Waals surface area contributed by atoms with Crippen LogP contribution in [-0.4, -0.2) is 11.6 Å². The summed E-state index contributed by atoms with van der Waals surface area (Å²) in [7, 11) is 0. The van der Waals surface area contributed by atoms with Crippen LogP contribution in [0.1, 0.15) is 36.3 Å². The van der Waals surface area contributed by atoms with Gasteiger partial charge in [-0.1, -0.05) is 24.3 Å². The Bertz CT molecular complexity index is 817. The van der Waals surface area contributed by atoms with E-state index in [0.29, 0.717) is 0 Å². The molecule has 2 aromatic carbocycles. The number of carbonyl (C=O) groups excluding carboxylic acids is 2. The van der Waals surface area contributed by atoms with E-state index in [1.54, 1.807) is 6.07 Å². The highest BCUT2D eigenvalue weighted by atomic mass is 19.1. The Morgan fingerprint density at radius 3 is 2.25 bits per heavy atom. The van der Waals surface area contributed by atoms with Crippen molar-refractivity contribution in [3.63, 3.8) is 0 Å². The Morgan fingerprint density at radius 1 is 0.917 bits per heavy atom. The smallest absolute Gasteiger partial charge is 0.150 e. The van der Waals surface area contributed by atoms with Crippen LogP contribution < -0.4 is 0 Å². The minimum atomic E-state index is -0.634. The molecular weight excluding hydrogens is 303 g/mol. The lowest BCUT2D eigenvalue weighted by molar-refractivity contribution is -0.135. The molecule has 24 heavy (non-hydrogen) atoms. The van der Waals surface area contributed by atoms with Crippen molar-refractivity contribution in [2.75, 3.05) is 0 Å². The van der Waals surface area contributed by atoms with Gasteiger partial charge in [0.15, 0.2) is 11.6 Å². The molecule has 2 bridgehead atoms.